The molecule has 0 N–H and O–H groups in total. The van der Waals surface area contributed by atoms with Gasteiger partial charge >= 0.3 is 9.76 Å². The molecule has 0 aliphatic carbocycles. The van der Waals surface area contributed by atoms with Crippen molar-refractivity contribution in [2.45, 2.75) is 32.6 Å². The summed E-state index contributed by atoms with van der Waals surface area (Å²) in [5.41, 5.74) is 0.408. The molecule has 104 valence electrons. The zero-order valence-electron chi connectivity index (χ0n) is 11.9. The molecule has 0 spiro atoms. The van der Waals surface area contributed by atoms with Crippen LogP contribution in [0, 0.1) is 0 Å². The van der Waals surface area contributed by atoms with Crippen LogP contribution >= 0.6 is 0 Å². The quantitative estimate of drug-likeness (QED) is 0.511. The molecule has 0 saturated carbocycles. The van der Waals surface area contributed by atoms with E-state index in [4.69, 9.17) is 13.9 Å². The smallest absolute Gasteiger partial charge is 0.381 e. The predicted molar refractivity (Wildman–Crippen MR) is 79.2 cm³/mol. The summed E-state index contributed by atoms with van der Waals surface area (Å²) >= 11 is 0. The van der Waals surface area contributed by atoms with E-state index < -0.39 is 5.41 Å². The predicted octanol–water partition coefficient (Wildman–Crippen LogP) is 3.46. The third kappa shape index (κ3) is 4.82. The summed E-state index contributed by atoms with van der Waals surface area (Å²) in [6.07, 6.45) is 2.56. The highest BCUT2D eigenvalue weighted by atomic mass is 28.2. The summed E-state index contributed by atoms with van der Waals surface area (Å²) in [6.45, 7) is 10.9. The van der Waals surface area contributed by atoms with E-state index in [0.717, 1.165) is 17.7 Å². The Hall–Kier alpha value is -1.10. The number of ether oxygens (including phenoxy) is 2. The van der Waals surface area contributed by atoms with Crippen molar-refractivity contribution in [2.24, 2.45) is 0 Å². The summed E-state index contributed by atoms with van der Waals surface area (Å²) in [5.74, 6) is 0.813. The average molecular weight is 278 g/mol. The maximum Gasteiger partial charge on any atom is 0.381 e. The Morgan fingerprint density at radius 2 is 1.89 bits per heavy atom. The lowest BCUT2D eigenvalue weighted by molar-refractivity contribution is -0.181. The number of hydrogen-bond donors (Lipinski definition) is 0. The first-order valence-corrected chi connectivity index (χ1v) is 7.55. The molecule has 1 aromatic carbocycles. The van der Waals surface area contributed by atoms with Crippen LogP contribution in [0.5, 0.6) is 5.75 Å². The van der Waals surface area contributed by atoms with Crippen LogP contribution in [-0.4, -0.2) is 28.4 Å². The van der Waals surface area contributed by atoms with Gasteiger partial charge < -0.3 is 13.9 Å². The summed E-state index contributed by atoms with van der Waals surface area (Å²) in [6, 6.07) is 7.82. The van der Waals surface area contributed by atoms with Gasteiger partial charge in [0.1, 0.15) is 5.75 Å². The molecule has 0 heterocycles. The maximum atomic E-state index is 5.84. The third-order valence-electron chi connectivity index (χ3n) is 2.64. The molecule has 0 unspecified atom stereocenters. The summed E-state index contributed by atoms with van der Waals surface area (Å²) in [7, 11) is 0.104. The van der Waals surface area contributed by atoms with E-state index in [-0.39, 0.29) is 9.76 Å². The minimum Gasteiger partial charge on any atom is -0.535 e. The highest BCUT2D eigenvalue weighted by Crippen LogP contribution is 2.20. The van der Waals surface area contributed by atoms with Gasteiger partial charge in [-0.3, -0.25) is 0 Å². The number of hydrogen-bond acceptors (Lipinski definition) is 3. The second kappa shape index (κ2) is 8.14. The Labute approximate surface area is 118 Å². The fourth-order valence-corrected chi connectivity index (χ4v) is 2.64. The van der Waals surface area contributed by atoms with Crippen LogP contribution in [-0.2, 0) is 9.47 Å². The molecule has 0 aliphatic heterocycles. The normalized spacial score (nSPS) is 11.3. The van der Waals surface area contributed by atoms with Crippen LogP contribution in [0.1, 0.15) is 32.8 Å². The second-order valence-electron chi connectivity index (χ2n) is 3.95. The van der Waals surface area contributed by atoms with Crippen molar-refractivity contribution in [1.29, 1.82) is 0 Å². The van der Waals surface area contributed by atoms with E-state index in [1.165, 1.54) is 0 Å². The molecule has 3 nitrogen and oxygen atoms in total. The highest BCUT2D eigenvalue weighted by molar-refractivity contribution is 6.32. The Morgan fingerprint density at radius 3 is 2.42 bits per heavy atom. The molecule has 0 saturated heterocycles. The molecule has 1 rings (SSSR count). The van der Waals surface area contributed by atoms with Crippen LogP contribution in [0.4, 0.5) is 0 Å². The van der Waals surface area contributed by atoms with Crippen LogP contribution in [0.15, 0.2) is 30.8 Å². The van der Waals surface area contributed by atoms with Crippen molar-refractivity contribution in [3.63, 3.8) is 0 Å². The van der Waals surface area contributed by atoms with Crippen LogP contribution < -0.4 is 4.43 Å². The molecule has 1 aromatic rings. The van der Waals surface area contributed by atoms with E-state index in [1.807, 2.05) is 45.0 Å². The Morgan fingerprint density at radius 1 is 1.21 bits per heavy atom. The van der Waals surface area contributed by atoms with Gasteiger partial charge in [-0.2, -0.15) is 0 Å². The van der Waals surface area contributed by atoms with Crippen LogP contribution in [0.3, 0.4) is 0 Å². The minimum atomic E-state index is -0.631. The van der Waals surface area contributed by atoms with Crippen LogP contribution in [0.25, 0.3) is 6.08 Å². The van der Waals surface area contributed by atoms with Gasteiger partial charge in [0.25, 0.3) is 0 Å². The first kappa shape index (κ1) is 16.0. The molecule has 0 aromatic heterocycles. The summed E-state index contributed by atoms with van der Waals surface area (Å²) < 4.78 is 17.3. The van der Waals surface area contributed by atoms with E-state index >= 15 is 0 Å². The lowest BCUT2D eigenvalue weighted by atomic mass is 10.2. The third-order valence-corrected chi connectivity index (χ3v) is 3.93. The molecule has 19 heavy (non-hydrogen) atoms. The van der Waals surface area contributed by atoms with E-state index in [1.54, 1.807) is 6.08 Å². The largest absolute Gasteiger partial charge is 0.535 e. The van der Waals surface area contributed by atoms with Crippen molar-refractivity contribution >= 4 is 15.8 Å². The van der Waals surface area contributed by atoms with Gasteiger partial charge in [-0.15, -0.1) is 0 Å². The van der Waals surface area contributed by atoms with Crippen molar-refractivity contribution in [3.05, 3.63) is 36.4 Å². The average Bonchev–Trinajstić information content (AvgIpc) is 2.45. The minimum absolute atomic E-state index is 0.104. The Balaban J connectivity index is 2.71. The number of benzene rings is 1. The lowest BCUT2D eigenvalue weighted by Crippen LogP contribution is -2.44. The van der Waals surface area contributed by atoms with Crippen molar-refractivity contribution in [2.75, 3.05) is 13.2 Å². The van der Waals surface area contributed by atoms with Gasteiger partial charge in [0.2, 0.25) is 0 Å². The van der Waals surface area contributed by atoms with Gasteiger partial charge in [-0.1, -0.05) is 31.7 Å². The molecular formula is C15H22O3Si. The first-order valence-electron chi connectivity index (χ1n) is 6.64. The van der Waals surface area contributed by atoms with Gasteiger partial charge in [0.15, 0.2) is 5.41 Å². The fourth-order valence-electron chi connectivity index (χ4n) is 1.68. The van der Waals surface area contributed by atoms with E-state index in [0.29, 0.717) is 13.2 Å². The molecule has 4 heteroatoms. The van der Waals surface area contributed by atoms with E-state index in [9.17, 15) is 0 Å². The summed E-state index contributed by atoms with van der Waals surface area (Å²) in [5, 5.41) is 0. The Kier molecular flexibility index (Phi) is 6.84. The first-order chi connectivity index (χ1) is 9.19. The van der Waals surface area contributed by atoms with Gasteiger partial charge in [-0.25, -0.2) is 0 Å². The zero-order chi connectivity index (χ0) is 14.1. The molecular weight excluding hydrogens is 256 g/mol. The van der Waals surface area contributed by atoms with Gasteiger partial charge in [0.05, 0.1) is 0 Å². The Bertz CT molecular complexity index is 387. The van der Waals surface area contributed by atoms with E-state index in [2.05, 4.69) is 6.58 Å². The fraction of sp³-hybridized carbons (Fsp3) is 0.467. The molecule has 0 amide bonds. The molecule has 0 bridgehead atoms. The van der Waals surface area contributed by atoms with Crippen molar-refractivity contribution in [1.82, 2.24) is 0 Å². The summed E-state index contributed by atoms with van der Waals surface area (Å²) in [4.78, 5) is 0. The van der Waals surface area contributed by atoms with Crippen molar-refractivity contribution in [3.8, 4) is 5.75 Å². The zero-order valence-corrected chi connectivity index (χ0v) is 12.9. The van der Waals surface area contributed by atoms with Gasteiger partial charge in [-0.05, 0) is 38.0 Å². The standard InChI is InChI=1S/C15H22O3Si/c1-5-13-10-9-11-14(12-13)18-19-15(6-2,16-7-3)17-8-4/h5,9-12H,1,6-8H2,2-4H3. The van der Waals surface area contributed by atoms with Crippen LogP contribution in [0.2, 0.25) is 0 Å². The monoisotopic (exact) mass is 278 g/mol. The topological polar surface area (TPSA) is 27.7 Å². The molecule has 0 aliphatic rings. The van der Waals surface area contributed by atoms with Crippen molar-refractivity contribution < 1.29 is 13.9 Å². The number of rotatable bonds is 9. The maximum absolute atomic E-state index is 5.84. The molecule has 0 fully saturated rings. The second-order valence-corrected chi connectivity index (χ2v) is 5.12. The van der Waals surface area contributed by atoms with Gasteiger partial charge in [0, 0.05) is 13.2 Å². The SMILES string of the molecule is C=Cc1cccc(O[Si]C(CC)(OCC)OCC)c1. The lowest BCUT2D eigenvalue weighted by Gasteiger charge is -2.30. The highest BCUT2D eigenvalue weighted by Gasteiger charge is 2.33. The molecule has 0 atom stereocenters. The molecule has 2 radical (unpaired) electrons.